The highest BCUT2D eigenvalue weighted by Crippen LogP contribution is 2.42. The first kappa shape index (κ1) is 12.9. The number of aromatic nitrogens is 2. The average Bonchev–Trinajstić information content (AvgIpc) is 2.96. The molecule has 1 heterocycles. The minimum atomic E-state index is -0.900. The Morgan fingerprint density at radius 1 is 1.65 bits per heavy atom. The van der Waals surface area contributed by atoms with E-state index in [-0.39, 0.29) is 0 Å². The molecule has 5 heteroatoms. The van der Waals surface area contributed by atoms with Crippen LogP contribution in [-0.4, -0.2) is 28.6 Å². The molecule has 1 aliphatic rings. The van der Waals surface area contributed by atoms with Crippen LogP contribution < -0.4 is 0 Å². The number of halogens is 1. The van der Waals surface area contributed by atoms with Gasteiger partial charge in [-0.05, 0) is 19.3 Å². The molecule has 0 spiro atoms. The molecule has 4 nitrogen and oxygen atoms in total. The van der Waals surface area contributed by atoms with Gasteiger partial charge in [-0.25, -0.2) is 0 Å². The van der Waals surface area contributed by atoms with Gasteiger partial charge in [0.05, 0.1) is 30.1 Å². The van der Waals surface area contributed by atoms with Crippen LogP contribution in [0.5, 0.6) is 0 Å². The second-order valence-corrected chi connectivity index (χ2v) is 5.39. The lowest BCUT2D eigenvalue weighted by Gasteiger charge is -2.25. The van der Waals surface area contributed by atoms with Crippen LogP contribution in [0.25, 0.3) is 0 Å². The number of hydrogen-bond acceptors (Lipinski definition) is 3. The molecule has 0 bridgehead atoms. The third-order valence-corrected chi connectivity index (χ3v) is 3.47. The Hall–Kier alpha value is -0.580. The predicted molar refractivity (Wildman–Crippen MR) is 66.0 cm³/mol. The molecule has 1 aromatic rings. The number of aliphatic hydroxyl groups is 1. The minimum Gasteiger partial charge on any atom is -0.384 e. The zero-order chi connectivity index (χ0) is 12.5. The average molecular weight is 259 g/mol. The van der Waals surface area contributed by atoms with Gasteiger partial charge in [-0.15, -0.1) is 0 Å². The number of methoxy groups -OCH3 is 1. The molecule has 17 heavy (non-hydrogen) atoms. The third kappa shape index (κ3) is 3.00. The zero-order valence-electron chi connectivity index (χ0n) is 10.3. The molecule has 1 aromatic heterocycles. The fourth-order valence-electron chi connectivity index (χ4n) is 2.23. The van der Waals surface area contributed by atoms with Crippen molar-refractivity contribution in [2.24, 2.45) is 5.92 Å². The summed E-state index contributed by atoms with van der Waals surface area (Å²) in [6.45, 7) is 2.99. The van der Waals surface area contributed by atoms with Gasteiger partial charge >= 0.3 is 0 Å². The molecule has 0 amide bonds. The van der Waals surface area contributed by atoms with Crippen molar-refractivity contribution in [2.75, 3.05) is 13.7 Å². The maximum absolute atomic E-state index is 10.6. The molecule has 1 saturated carbocycles. The van der Waals surface area contributed by atoms with Crippen LogP contribution in [-0.2, 0) is 16.9 Å². The zero-order valence-corrected chi connectivity index (χ0v) is 11.1. The van der Waals surface area contributed by atoms with Gasteiger partial charge in [-0.2, -0.15) is 5.10 Å². The lowest BCUT2D eigenvalue weighted by molar-refractivity contribution is 0.0311. The highest BCUT2D eigenvalue weighted by atomic mass is 35.5. The molecule has 0 saturated heterocycles. The van der Waals surface area contributed by atoms with Crippen molar-refractivity contribution in [3.05, 3.63) is 16.9 Å². The van der Waals surface area contributed by atoms with Crippen molar-refractivity contribution in [3.63, 3.8) is 0 Å². The Balaban J connectivity index is 2.18. The largest absolute Gasteiger partial charge is 0.384 e. The Bertz CT molecular complexity index is 386. The van der Waals surface area contributed by atoms with Crippen LogP contribution in [0.2, 0.25) is 5.02 Å². The summed E-state index contributed by atoms with van der Waals surface area (Å²) in [4.78, 5) is 0. The summed E-state index contributed by atoms with van der Waals surface area (Å²) in [5.41, 5.74) is -0.189. The van der Waals surface area contributed by atoms with Crippen molar-refractivity contribution in [1.82, 2.24) is 9.78 Å². The summed E-state index contributed by atoms with van der Waals surface area (Å²) in [6, 6.07) is 0. The Morgan fingerprint density at radius 2 is 2.35 bits per heavy atom. The van der Waals surface area contributed by atoms with Crippen molar-refractivity contribution in [2.45, 2.75) is 38.3 Å². The van der Waals surface area contributed by atoms with Crippen molar-refractivity contribution in [1.29, 1.82) is 0 Å². The van der Waals surface area contributed by atoms with Gasteiger partial charge in [0.25, 0.3) is 0 Å². The maximum atomic E-state index is 10.6. The summed E-state index contributed by atoms with van der Waals surface area (Å²) in [5, 5.41) is 15.3. The van der Waals surface area contributed by atoms with E-state index in [1.54, 1.807) is 18.0 Å². The lowest BCUT2D eigenvalue weighted by atomic mass is 9.95. The topological polar surface area (TPSA) is 47.3 Å². The van der Waals surface area contributed by atoms with E-state index in [2.05, 4.69) is 5.10 Å². The van der Waals surface area contributed by atoms with Gasteiger partial charge in [0.2, 0.25) is 0 Å². The molecule has 0 radical (unpaired) electrons. The van der Waals surface area contributed by atoms with Crippen LogP contribution in [0.15, 0.2) is 6.20 Å². The highest BCUT2D eigenvalue weighted by molar-refractivity contribution is 6.31. The molecular formula is C12H19ClN2O2. The molecule has 1 aliphatic carbocycles. The molecule has 1 unspecified atom stereocenters. The number of ether oxygens (including phenoxy) is 1. The van der Waals surface area contributed by atoms with E-state index in [0.717, 1.165) is 6.42 Å². The monoisotopic (exact) mass is 258 g/mol. The van der Waals surface area contributed by atoms with E-state index >= 15 is 0 Å². The summed E-state index contributed by atoms with van der Waals surface area (Å²) >= 11 is 6.13. The lowest BCUT2D eigenvalue weighted by Crippen LogP contribution is -2.27. The standard InChI is InChI=1S/C12H19ClN2O2/c1-12(16,7-9-3-4-9)11-10(13)8-14-15(11)5-6-17-2/h8-9,16H,3-7H2,1-2H3. The smallest absolute Gasteiger partial charge is 0.105 e. The van der Waals surface area contributed by atoms with Gasteiger partial charge in [-0.1, -0.05) is 24.4 Å². The predicted octanol–water partition coefficient (Wildman–Crippen LogP) is 2.19. The quantitative estimate of drug-likeness (QED) is 0.851. The molecule has 0 aromatic carbocycles. The number of rotatable bonds is 6. The Labute approximate surface area is 107 Å². The van der Waals surface area contributed by atoms with Crippen molar-refractivity contribution in [3.8, 4) is 0 Å². The fourth-order valence-corrected chi connectivity index (χ4v) is 2.57. The van der Waals surface area contributed by atoms with E-state index in [1.165, 1.54) is 12.8 Å². The van der Waals surface area contributed by atoms with Gasteiger partial charge in [0.15, 0.2) is 0 Å². The molecule has 1 fully saturated rings. The molecule has 96 valence electrons. The summed E-state index contributed by atoms with van der Waals surface area (Å²) in [6.07, 6.45) is 4.76. The fraction of sp³-hybridized carbons (Fsp3) is 0.750. The molecule has 1 N–H and O–H groups in total. The van der Waals surface area contributed by atoms with E-state index < -0.39 is 5.60 Å². The van der Waals surface area contributed by atoms with Crippen LogP contribution >= 0.6 is 11.6 Å². The Morgan fingerprint density at radius 3 is 2.94 bits per heavy atom. The second kappa shape index (κ2) is 4.96. The molecule has 1 atom stereocenters. The summed E-state index contributed by atoms with van der Waals surface area (Å²) in [7, 11) is 1.65. The van der Waals surface area contributed by atoms with E-state index in [1.807, 2.05) is 6.92 Å². The second-order valence-electron chi connectivity index (χ2n) is 4.98. The van der Waals surface area contributed by atoms with Gasteiger partial charge < -0.3 is 9.84 Å². The number of nitrogens with zero attached hydrogens (tertiary/aromatic N) is 2. The van der Waals surface area contributed by atoms with E-state index in [9.17, 15) is 5.11 Å². The third-order valence-electron chi connectivity index (χ3n) is 3.20. The van der Waals surface area contributed by atoms with Crippen LogP contribution in [0.1, 0.15) is 31.9 Å². The van der Waals surface area contributed by atoms with Gasteiger partial charge in [-0.3, -0.25) is 4.68 Å². The molecule has 2 rings (SSSR count). The van der Waals surface area contributed by atoms with Crippen molar-refractivity contribution >= 4 is 11.6 Å². The van der Waals surface area contributed by atoms with Gasteiger partial charge in [0.1, 0.15) is 5.60 Å². The van der Waals surface area contributed by atoms with Gasteiger partial charge in [0, 0.05) is 7.11 Å². The van der Waals surface area contributed by atoms with E-state index in [4.69, 9.17) is 16.3 Å². The summed E-state index contributed by atoms with van der Waals surface area (Å²) in [5.74, 6) is 0.631. The number of hydrogen-bond donors (Lipinski definition) is 1. The first-order valence-corrected chi connectivity index (χ1v) is 6.35. The van der Waals surface area contributed by atoms with Crippen LogP contribution in [0, 0.1) is 5.92 Å². The van der Waals surface area contributed by atoms with Crippen LogP contribution in [0.4, 0.5) is 0 Å². The Kier molecular flexibility index (Phi) is 3.76. The molecule has 0 aliphatic heterocycles. The first-order valence-electron chi connectivity index (χ1n) is 5.97. The normalized spacial score (nSPS) is 19.3. The highest BCUT2D eigenvalue weighted by Gasteiger charge is 2.36. The molecular weight excluding hydrogens is 240 g/mol. The maximum Gasteiger partial charge on any atom is 0.105 e. The minimum absolute atomic E-state index is 0.534. The van der Waals surface area contributed by atoms with Crippen LogP contribution in [0.3, 0.4) is 0 Å². The van der Waals surface area contributed by atoms with E-state index in [0.29, 0.717) is 29.8 Å². The SMILES string of the molecule is COCCn1ncc(Cl)c1C(C)(O)CC1CC1. The van der Waals surface area contributed by atoms with Crippen molar-refractivity contribution < 1.29 is 9.84 Å². The summed E-state index contributed by atoms with van der Waals surface area (Å²) < 4.78 is 6.77. The first-order chi connectivity index (χ1) is 8.04.